The number of hydrogen-bond acceptors (Lipinski definition) is 2. The van der Waals surface area contributed by atoms with Gasteiger partial charge in [0.15, 0.2) is 0 Å². The monoisotopic (exact) mass is 192 g/mol. The third-order valence-electron chi connectivity index (χ3n) is 1.22. The smallest absolute Gasteiger partial charge is 0.340 e. The summed E-state index contributed by atoms with van der Waals surface area (Å²) in [6.45, 7) is 0.566. The van der Waals surface area contributed by atoms with Crippen molar-refractivity contribution in [1.82, 2.24) is 0 Å². The van der Waals surface area contributed by atoms with Crippen LogP contribution in [0.2, 0.25) is 0 Å². The fraction of sp³-hybridized carbons (Fsp3) is 0.625. The van der Waals surface area contributed by atoms with Gasteiger partial charge in [-0.2, -0.15) is 0 Å². The average Bonchev–Trinajstić information content (AvgIpc) is 1.97. The van der Waals surface area contributed by atoms with Crippen molar-refractivity contribution >= 4 is 17.6 Å². The first-order chi connectivity index (χ1) is 5.40. The molecule has 0 aliphatic rings. The molecule has 3 nitrogen and oxygen atoms in total. The Morgan fingerprint density at radius 2 is 2.00 bits per heavy atom. The van der Waals surface area contributed by atoms with E-state index in [0.29, 0.717) is 16.6 Å². The van der Waals surface area contributed by atoms with E-state index in [2.05, 4.69) is 4.74 Å². The fourth-order valence-electron chi connectivity index (χ4n) is 0.786. The molecule has 0 atom stereocenters. The van der Waals surface area contributed by atoms with Gasteiger partial charge in [0, 0.05) is 5.54 Å². The highest BCUT2D eigenvalue weighted by Crippen LogP contribution is 2.05. The number of hydrogen-bond donors (Lipinski definition) is 0. The first-order valence-electron chi connectivity index (χ1n) is 3.58. The molecule has 0 saturated carbocycles. The number of ether oxygens (including phenoxy) is 1. The Morgan fingerprint density at radius 1 is 1.50 bits per heavy atom. The van der Waals surface area contributed by atoms with Crippen molar-refractivity contribution < 1.29 is 14.0 Å². The van der Waals surface area contributed by atoms with E-state index in [4.69, 9.17) is 11.6 Å². The van der Waals surface area contributed by atoms with Gasteiger partial charge in [0.05, 0.1) is 28.3 Å². The number of rotatable bonds is 3. The van der Waals surface area contributed by atoms with E-state index in [9.17, 15) is 4.79 Å². The molecule has 70 valence electrons. The summed E-state index contributed by atoms with van der Waals surface area (Å²) < 4.78 is 5.19. The summed E-state index contributed by atoms with van der Waals surface area (Å²) in [7, 11) is 7.27. The number of likely N-dealkylation sites (N-methyl/N-ethyl adjacent to an activating group) is 1. The molecule has 0 bridgehead atoms. The summed E-state index contributed by atoms with van der Waals surface area (Å²) in [5, 5.41) is 0. The second kappa shape index (κ2) is 4.48. The van der Waals surface area contributed by atoms with Gasteiger partial charge < -0.3 is 9.22 Å². The summed E-state index contributed by atoms with van der Waals surface area (Å²) in [5.41, 5.74) is 1.77. The van der Waals surface area contributed by atoms with Crippen LogP contribution in [-0.2, 0) is 9.53 Å². The van der Waals surface area contributed by atoms with E-state index in [1.165, 1.54) is 12.6 Å². The Kier molecular flexibility index (Phi) is 4.28. The molecule has 0 rings (SSSR count). The van der Waals surface area contributed by atoms with Crippen LogP contribution >= 0.6 is 11.6 Å². The van der Waals surface area contributed by atoms with Crippen LogP contribution < -0.4 is 0 Å². The number of nitrogens with zero attached hydrogens (tertiary/aromatic N) is 1. The lowest BCUT2D eigenvalue weighted by atomic mass is 10.3. The molecule has 0 unspecified atom stereocenters. The molecule has 0 aromatic rings. The lowest BCUT2D eigenvalue weighted by Gasteiger charge is -2.23. The minimum atomic E-state index is -0.363. The Hall–Kier alpha value is -0.540. The zero-order valence-electron chi connectivity index (χ0n) is 7.93. The van der Waals surface area contributed by atoms with Crippen LogP contribution in [-0.4, -0.2) is 45.2 Å². The second-order valence-electron chi connectivity index (χ2n) is 3.57. The van der Waals surface area contributed by atoms with Gasteiger partial charge in [-0.15, -0.1) is 0 Å². The Balaban J connectivity index is 4.31. The summed E-state index contributed by atoms with van der Waals surface area (Å²) in [6.07, 6.45) is 0. The lowest BCUT2D eigenvalue weighted by Crippen LogP contribution is -2.37. The maximum Gasteiger partial charge on any atom is 0.340 e. The predicted molar refractivity (Wildman–Crippen MR) is 48.9 cm³/mol. The number of methoxy groups -OCH3 is 1. The molecule has 4 heteroatoms. The van der Waals surface area contributed by atoms with Gasteiger partial charge in [0.25, 0.3) is 0 Å². The van der Waals surface area contributed by atoms with Crippen molar-refractivity contribution in [3.05, 3.63) is 11.1 Å². The minimum Gasteiger partial charge on any atom is -0.465 e. The molecule has 0 spiro atoms. The van der Waals surface area contributed by atoms with Crippen LogP contribution in [0.15, 0.2) is 11.1 Å². The van der Waals surface area contributed by atoms with Gasteiger partial charge in [-0.25, -0.2) is 4.79 Å². The molecule has 0 N–H and O–H groups in total. The van der Waals surface area contributed by atoms with Crippen molar-refractivity contribution in [3.63, 3.8) is 0 Å². The van der Waals surface area contributed by atoms with Gasteiger partial charge in [-0.1, -0.05) is 11.6 Å². The van der Waals surface area contributed by atoms with E-state index in [1.54, 1.807) is 0 Å². The van der Waals surface area contributed by atoms with Gasteiger partial charge in [-0.3, -0.25) is 0 Å². The van der Waals surface area contributed by atoms with Crippen LogP contribution in [0.4, 0.5) is 0 Å². The van der Waals surface area contributed by atoms with E-state index in [-0.39, 0.29) is 5.97 Å². The summed E-state index contributed by atoms with van der Waals surface area (Å²) >= 11 is 5.47. The quantitative estimate of drug-likeness (QED) is 0.379. The second-order valence-corrected chi connectivity index (χ2v) is 3.79. The van der Waals surface area contributed by atoms with Crippen molar-refractivity contribution in [3.8, 4) is 0 Å². The highest BCUT2D eigenvalue weighted by Gasteiger charge is 2.17. The number of quaternary nitrogens is 1. The van der Waals surface area contributed by atoms with E-state index in [0.717, 1.165) is 0 Å². The molecule has 0 aliphatic carbocycles. The number of carbonyl (C=O) groups excluding carboxylic acids is 1. The van der Waals surface area contributed by atoms with Crippen LogP contribution in [0.3, 0.4) is 0 Å². The van der Waals surface area contributed by atoms with Gasteiger partial charge >= 0.3 is 5.97 Å². The normalized spacial score (nSPS) is 12.9. The van der Waals surface area contributed by atoms with E-state index < -0.39 is 0 Å². The molecule has 0 fully saturated rings. The molecule has 12 heavy (non-hydrogen) atoms. The highest BCUT2D eigenvalue weighted by molar-refractivity contribution is 6.27. The van der Waals surface area contributed by atoms with Crippen LogP contribution in [0.1, 0.15) is 0 Å². The topological polar surface area (TPSA) is 26.3 Å². The average molecular weight is 193 g/mol. The highest BCUT2D eigenvalue weighted by atomic mass is 35.5. The van der Waals surface area contributed by atoms with Gasteiger partial charge in [-0.05, 0) is 0 Å². The summed E-state index contributed by atoms with van der Waals surface area (Å²) in [5.74, 6) is -0.363. The van der Waals surface area contributed by atoms with E-state index in [1.807, 2.05) is 21.1 Å². The largest absolute Gasteiger partial charge is 0.465 e. The molecule has 0 saturated heterocycles. The van der Waals surface area contributed by atoms with Crippen molar-refractivity contribution in [2.75, 3.05) is 34.8 Å². The third-order valence-corrected chi connectivity index (χ3v) is 1.49. The fourth-order valence-corrected chi connectivity index (χ4v) is 0.944. The number of halogens is 1. The summed E-state index contributed by atoms with van der Waals surface area (Å²) in [4.78, 5) is 11.0. The zero-order valence-corrected chi connectivity index (χ0v) is 8.68. The van der Waals surface area contributed by atoms with Crippen molar-refractivity contribution in [2.24, 2.45) is 0 Å². The summed E-state index contributed by atoms with van der Waals surface area (Å²) in [6, 6.07) is 0. The minimum absolute atomic E-state index is 0.363. The van der Waals surface area contributed by atoms with Crippen LogP contribution in [0.5, 0.6) is 0 Å². The maximum atomic E-state index is 11.0. The van der Waals surface area contributed by atoms with Gasteiger partial charge in [0.2, 0.25) is 0 Å². The number of carbonyl (C=O) groups is 1. The molecule has 0 aromatic heterocycles. The molecule has 0 aromatic carbocycles. The Bertz CT molecular complexity index is 194. The van der Waals surface area contributed by atoms with Crippen LogP contribution in [0, 0.1) is 0 Å². The molecular formula is C8H15ClNO2+. The number of esters is 1. The molecular weight excluding hydrogens is 178 g/mol. The van der Waals surface area contributed by atoms with Crippen molar-refractivity contribution in [2.45, 2.75) is 0 Å². The predicted octanol–water partition coefficient (Wildman–Crippen LogP) is 0.988. The van der Waals surface area contributed by atoms with Crippen LogP contribution in [0.25, 0.3) is 0 Å². The van der Waals surface area contributed by atoms with E-state index >= 15 is 0 Å². The molecule has 0 amide bonds. The zero-order chi connectivity index (χ0) is 9.78. The molecule has 0 radical (unpaired) electrons. The molecule has 0 heterocycles. The Morgan fingerprint density at radius 3 is 2.25 bits per heavy atom. The van der Waals surface area contributed by atoms with Gasteiger partial charge in [0.1, 0.15) is 12.1 Å². The first-order valence-corrected chi connectivity index (χ1v) is 4.02. The first kappa shape index (κ1) is 11.5. The SMILES string of the molecule is COC(=O)C(=CCl)C[N+](C)(C)C. The molecule has 0 aliphatic heterocycles. The Labute approximate surface area is 78.2 Å². The maximum absolute atomic E-state index is 11.0. The standard InChI is InChI=1S/C8H15ClNO2/c1-10(2,3)6-7(5-9)8(11)12-4/h5H,6H2,1-4H3/q+1. The van der Waals surface area contributed by atoms with Crippen molar-refractivity contribution in [1.29, 1.82) is 0 Å². The lowest BCUT2D eigenvalue weighted by molar-refractivity contribution is -0.865. The third kappa shape index (κ3) is 4.36.